The van der Waals surface area contributed by atoms with Crippen LogP contribution in [-0.2, 0) is 0 Å². The van der Waals surface area contributed by atoms with Crippen molar-refractivity contribution in [1.82, 2.24) is 9.97 Å². The number of primary amides is 1. The number of aromatic nitrogens is 2. The van der Waals surface area contributed by atoms with Crippen molar-refractivity contribution in [1.29, 1.82) is 0 Å². The average Bonchev–Trinajstić information content (AvgIpc) is 3.18. The van der Waals surface area contributed by atoms with Crippen LogP contribution in [0, 0.1) is 0 Å². The first kappa shape index (κ1) is 25.6. The molecule has 0 saturated carbocycles. The van der Waals surface area contributed by atoms with E-state index in [4.69, 9.17) is 67.0 Å². The Balaban J connectivity index is 0.000000302. The number of rotatable bonds is 4. The molecule has 0 saturated heterocycles. The normalized spacial score (nSPS) is 10.5. The minimum atomic E-state index is -0.802. The molecule has 4 aromatic rings. The largest absolute Gasteiger partial charge is 0.493 e. The number of halogens is 4. The lowest BCUT2D eigenvalue weighted by Crippen LogP contribution is -2.14. The summed E-state index contributed by atoms with van der Waals surface area (Å²) in [5, 5.41) is 1.84. The van der Waals surface area contributed by atoms with E-state index >= 15 is 0 Å². The average molecular weight is 542 g/mol. The lowest BCUT2D eigenvalue weighted by molar-refractivity contribution is 0.0958. The van der Waals surface area contributed by atoms with E-state index in [0.29, 0.717) is 43.3 Å². The van der Waals surface area contributed by atoms with Gasteiger partial charge in [0.05, 0.1) is 38.5 Å². The Morgan fingerprint density at radius 1 is 1.00 bits per heavy atom. The Hall–Kier alpha value is -3.04. The number of nitrogen functional groups attached to an aromatic ring is 1. The van der Waals surface area contributed by atoms with Crippen molar-refractivity contribution in [3.63, 3.8) is 0 Å². The van der Waals surface area contributed by atoms with Gasteiger partial charge in [0.15, 0.2) is 22.9 Å². The maximum absolute atomic E-state index is 12.0. The molecule has 8 nitrogen and oxygen atoms in total. The number of ether oxygens (including phenoxy) is 1. The van der Waals surface area contributed by atoms with E-state index in [1.54, 1.807) is 18.2 Å². The molecule has 0 fully saturated rings. The molecule has 4 rings (SSSR count). The molecular formula is C22H16Cl4N4O4. The van der Waals surface area contributed by atoms with E-state index < -0.39 is 11.7 Å². The van der Waals surface area contributed by atoms with Gasteiger partial charge < -0.3 is 20.6 Å². The number of Topliss-reactive ketones (excluding diaryl/α,β-unsaturated/α-hetero) is 1. The van der Waals surface area contributed by atoms with Gasteiger partial charge >= 0.3 is 0 Å². The third kappa shape index (κ3) is 5.20. The number of pyridine rings is 2. The second-order valence-electron chi connectivity index (χ2n) is 6.75. The first-order valence-corrected chi connectivity index (χ1v) is 10.9. The number of furan rings is 1. The van der Waals surface area contributed by atoms with E-state index in [1.165, 1.54) is 32.5 Å². The number of benzene rings is 1. The van der Waals surface area contributed by atoms with Gasteiger partial charge in [-0.15, -0.1) is 0 Å². The summed E-state index contributed by atoms with van der Waals surface area (Å²) >= 11 is 23.2. The maximum atomic E-state index is 12.0. The van der Waals surface area contributed by atoms with Gasteiger partial charge in [-0.1, -0.05) is 46.4 Å². The Morgan fingerprint density at radius 3 is 2.12 bits per heavy atom. The van der Waals surface area contributed by atoms with Gasteiger partial charge in [0.2, 0.25) is 0 Å². The van der Waals surface area contributed by atoms with Crippen molar-refractivity contribution in [2.24, 2.45) is 5.73 Å². The smallest absolute Gasteiger partial charge is 0.253 e. The molecule has 0 radical (unpaired) electrons. The third-order valence-corrected chi connectivity index (χ3v) is 5.49. The zero-order chi connectivity index (χ0) is 25.2. The molecule has 0 spiro atoms. The first-order valence-electron chi connectivity index (χ1n) is 9.37. The molecule has 176 valence electrons. The van der Waals surface area contributed by atoms with Gasteiger partial charge in [-0.25, -0.2) is 4.98 Å². The monoisotopic (exact) mass is 540 g/mol. The zero-order valence-corrected chi connectivity index (χ0v) is 20.7. The number of ketones is 1. The highest BCUT2D eigenvalue weighted by molar-refractivity contribution is 6.37. The van der Waals surface area contributed by atoms with Crippen LogP contribution < -0.4 is 16.2 Å². The van der Waals surface area contributed by atoms with Gasteiger partial charge in [-0.05, 0) is 24.3 Å². The molecule has 1 amide bonds. The minimum absolute atomic E-state index is 0.0378. The van der Waals surface area contributed by atoms with E-state index in [1.807, 2.05) is 0 Å². The van der Waals surface area contributed by atoms with Gasteiger partial charge in [0.1, 0.15) is 5.82 Å². The summed E-state index contributed by atoms with van der Waals surface area (Å²) in [5.41, 5.74) is 11.8. The molecule has 0 bridgehead atoms. The predicted octanol–water partition coefficient (Wildman–Crippen LogP) is 6.08. The molecule has 1 aromatic carbocycles. The molecule has 0 aliphatic heterocycles. The fourth-order valence-corrected chi connectivity index (χ4v) is 3.92. The van der Waals surface area contributed by atoms with E-state index in [9.17, 15) is 9.59 Å². The molecule has 0 unspecified atom stereocenters. The topological polar surface area (TPSA) is 134 Å². The van der Waals surface area contributed by atoms with Crippen LogP contribution in [0.3, 0.4) is 0 Å². The highest BCUT2D eigenvalue weighted by atomic mass is 35.5. The lowest BCUT2D eigenvalue weighted by Gasteiger charge is -2.08. The summed E-state index contributed by atoms with van der Waals surface area (Å²) < 4.78 is 10.9. The molecule has 0 aliphatic carbocycles. The zero-order valence-electron chi connectivity index (χ0n) is 17.7. The van der Waals surface area contributed by atoms with Crippen molar-refractivity contribution >= 4 is 74.9 Å². The number of hydrogen-bond acceptors (Lipinski definition) is 7. The summed E-state index contributed by atoms with van der Waals surface area (Å²) in [4.78, 5) is 31.8. The molecule has 0 atom stereocenters. The fraction of sp³-hybridized carbons (Fsp3) is 0.0909. The Bertz CT molecular complexity index is 1420. The lowest BCUT2D eigenvalue weighted by atomic mass is 10.00. The highest BCUT2D eigenvalue weighted by Gasteiger charge is 2.27. The van der Waals surface area contributed by atoms with E-state index in [2.05, 4.69) is 9.97 Å². The van der Waals surface area contributed by atoms with Crippen molar-refractivity contribution < 1.29 is 18.7 Å². The number of fused-ring (bicyclic) bond motifs is 1. The molecule has 3 aromatic heterocycles. The quantitative estimate of drug-likeness (QED) is 0.299. The van der Waals surface area contributed by atoms with Gasteiger partial charge in [0.25, 0.3) is 5.91 Å². The van der Waals surface area contributed by atoms with Gasteiger partial charge in [0, 0.05) is 30.3 Å². The van der Waals surface area contributed by atoms with Crippen LogP contribution in [0.15, 0.2) is 41.1 Å². The van der Waals surface area contributed by atoms with Crippen LogP contribution in [0.1, 0.15) is 27.8 Å². The van der Waals surface area contributed by atoms with Crippen LogP contribution >= 0.6 is 46.4 Å². The van der Waals surface area contributed by atoms with Crippen LogP contribution in [0.2, 0.25) is 20.1 Å². The van der Waals surface area contributed by atoms with E-state index in [-0.39, 0.29) is 21.9 Å². The van der Waals surface area contributed by atoms with E-state index in [0.717, 1.165) is 0 Å². The number of nitrogens with two attached hydrogens (primary N) is 2. The Morgan fingerprint density at radius 2 is 1.62 bits per heavy atom. The molecule has 12 heteroatoms. The Kier molecular flexibility index (Phi) is 7.89. The van der Waals surface area contributed by atoms with Crippen molar-refractivity contribution in [3.05, 3.63) is 68.1 Å². The number of carbonyl (C=O) groups excluding carboxylic acids is 2. The molecule has 34 heavy (non-hydrogen) atoms. The summed E-state index contributed by atoms with van der Waals surface area (Å²) in [6.45, 7) is 1.28. The van der Waals surface area contributed by atoms with Crippen LogP contribution in [0.5, 0.6) is 5.75 Å². The molecule has 3 heterocycles. The predicted molar refractivity (Wildman–Crippen MR) is 133 cm³/mol. The summed E-state index contributed by atoms with van der Waals surface area (Å²) in [7, 11) is 1.45. The maximum Gasteiger partial charge on any atom is 0.253 e. The first-order chi connectivity index (χ1) is 16.0. The summed E-state index contributed by atoms with van der Waals surface area (Å²) in [5.74, 6) is -0.727. The fourth-order valence-electron chi connectivity index (χ4n) is 3.06. The molecular weight excluding hydrogens is 526 g/mol. The van der Waals surface area contributed by atoms with Crippen LogP contribution in [-0.4, -0.2) is 28.8 Å². The Labute approximate surface area is 213 Å². The summed E-state index contributed by atoms with van der Waals surface area (Å²) in [6, 6.07) is 6.36. The summed E-state index contributed by atoms with van der Waals surface area (Å²) in [6.07, 6.45) is 2.87. The second-order valence-corrected chi connectivity index (χ2v) is 8.44. The number of methoxy groups -OCH3 is 1. The highest BCUT2D eigenvalue weighted by Crippen LogP contribution is 2.41. The van der Waals surface area contributed by atoms with Gasteiger partial charge in [-0.2, -0.15) is 0 Å². The molecule has 4 N–H and O–H groups in total. The van der Waals surface area contributed by atoms with Crippen molar-refractivity contribution in [3.8, 4) is 17.0 Å². The number of amides is 1. The third-order valence-electron chi connectivity index (χ3n) is 4.49. The van der Waals surface area contributed by atoms with Crippen LogP contribution in [0.25, 0.3) is 22.2 Å². The minimum Gasteiger partial charge on any atom is -0.493 e. The van der Waals surface area contributed by atoms with Gasteiger partial charge in [-0.3, -0.25) is 14.6 Å². The molecule has 0 aliphatic rings. The number of anilines is 1. The SMILES string of the molecule is COc1ccc(-c2ncc(Cl)cc2Cl)c2c(C(N)=O)c(C(C)=O)oc12.Nc1ncc(Cl)cc1Cl. The second kappa shape index (κ2) is 10.5. The number of carbonyl (C=O) groups is 2. The number of hydrogen-bond donors (Lipinski definition) is 2. The van der Waals surface area contributed by atoms with Crippen molar-refractivity contribution in [2.75, 3.05) is 12.8 Å². The van der Waals surface area contributed by atoms with Crippen molar-refractivity contribution in [2.45, 2.75) is 6.92 Å². The standard InChI is InChI=1S/C17H12Cl2N2O4.C5H4Cl2N2/c1-7(22)15-13(17(20)23)12-9(3-4-11(24-2)16(12)25-15)14-10(19)5-8(18)6-21-14;6-3-1-4(7)5(8)9-2-3/h3-6H,1-2H3,(H2,20,23);1-2H,(H2,8,9). The van der Waals surface area contributed by atoms with Crippen LogP contribution in [0.4, 0.5) is 5.82 Å². The number of nitrogens with zero attached hydrogens (tertiary/aromatic N) is 2.